The molecule has 3 amide bonds. The zero-order valence-electron chi connectivity index (χ0n) is 16.9. The van der Waals surface area contributed by atoms with Crippen molar-refractivity contribution in [3.8, 4) is 0 Å². The van der Waals surface area contributed by atoms with Gasteiger partial charge >= 0.3 is 6.03 Å². The largest absolute Gasteiger partial charge is 0.334 e. The summed E-state index contributed by atoms with van der Waals surface area (Å²) in [5, 5.41) is 5.34. The van der Waals surface area contributed by atoms with Crippen molar-refractivity contribution in [2.24, 2.45) is 4.99 Å². The molecule has 2 N–H and O–H groups in total. The van der Waals surface area contributed by atoms with Gasteiger partial charge in [-0.15, -0.1) is 0 Å². The number of hydrogen-bond acceptors (Lipinski definition) is 3. The van der Waals surface area contributed by atoms with Gasteiger partial charge in [0.25, 0.3) is 5.91 Å². The molecule has 1 aliphatic rings. The summed E-state index contributed by atoms with van der Waals surface area (Å²) in [5.74, 6) is -0.881. The van der Waals surface area contributed by atoms with Gasteiger partial charge in [0.2, 0.25) is 6.17 Å². The van der Waals surface area contributed by atoms with Crippen molar-refractivity contribution in [2.75, 3.05) is 11.9 Å². The van der Waals surface area contributed by atoms with E-state index in [-0.39, 0.29) is 5.56 Å². The van der Waals surface area contributed by atoms with Crippen LogP contribution < -0.4 is 15.5 Å². The second-order valence-electron chi connectivity index (χ2n) is 7.09. The first-order chi connectivity index (χ1) is 15.0. The quantitative estimate of drug-likeness (QED) is 0.684. The van der Waals surface area contributed by atoms with Crippen LogP contribution in [-0.2, 0) is 11.3 Å². The Labute approximate surface area is 179 Å². The van der Waals surface area contributed by atoms with Crippen LogP contribution in [0, 0.1) is 5.82 Å². The fourth-order valence-corrected chi connectivity index (χ4v) is 3.44. The van der Waals surface area contributed by atoms with Gasteiger partial charge in [0, 0.05) is 24.7 Å². The van der Waals surface area contributed by atoms with E-state index in [1.807, 2.05) is 30.3 Å². The minimum Gasteiger partial charge on any atom is -0.334 e. The first-order valence-corrected chi connectivity index (χ1v) is 9.82. The van der Waals surface area contributed by atoms with Gasteiger partial charge in [-0.2, -0.15) is 0 Å². The van der Waals surface area contributed by atoms with E-state index in [0.717, 1.165) is 5.56 Å². The molecule has 7 heteroatoms. The number of amides is 3. The van der Waals surface area contributed by atoms with Crippen molar-refractivity contribution < 1.29 is 14.0 Å². The van der Waals surface area contributed by atoms with Gasteiger partial charge in [-0.1, -0.05) is 60.7 Å². The lowest BCUT2D eigenvalue weighted by Gasteiger charge is -2.21. The van der Waals surface area contributed by atoms with Crippen LogP contribution >= 0.6 is 0 Å². The molecule has 31 heavy (non-hydrogen) atoms. The van der Waals surface area contributed by atoms with Crippen molar-refractivity contribution >= 4 is 23.3 Å². The number of urea groups is 1. The number of benzene rings is 3. The van der Waals surface area contributed by atoms with E-state index in [4.69, 9.17) is 0 Å². The minimum atomic E-state index is -1.21. The summed E-state index contributed by atoms with van der Waals surface area (Å²) in [6.45, 7) is 0.299. The highest BCUT2D eigenvalue weighted by Gasteiger charge is 2.31. The van der Waals surface area contributed by atoms with Gasteiger partial charge < -0.3 is 15.5 Å². The highest BCUT2D eigenvalue weighted by Crippen LogP contribution is 2.27. The number of aliphatic imine (C=N–C) groups is 1. The van der Waals surface area contributed by atoms with Crippen molar-refractivity contribution in [3.63, 3.8) is 0 Å². The molecule has 1 atom stereocenters. The molecule has 6 nitrogen and oxygen atoms in total. The monoisotopic (exact) mass is 416 g/mol. The summed E-state index contributed by atoms with van der Waals surface area (Å²) < 4.78 is 14.6. The number of nitrogens with one attached hydrogen (secondary N) is 2. The topological polar surface area (TPSA) is 73.8 Å². The van der Waals surface area contributed by atoms with Crippen LogP contribution in [0.1, 0.15) is 16.7 Å². The number of carbonyl (C=O) groups is 2. The van der Waals surface area contributed by atoms with E-state index in [2.05, 4.69) is 15.6 Å². The molecule has 3 aromatic carbocycles. The zero-order valence-corrected chi connectivity index (χ0v) is 16.9. The highest BCUT2D eigenvalue weighted by atomic mass is 19.1. The number of nitrogens with zero attached hydrogens (tertiary/aromatic N) is 2. The molecular formula is C24H21FN4O2. The summed E-state index contributed by atoms with van der Waals surface area (Å²) in [5.41, 5.74) is 2.68. The maximum absolute atomic E-state index is 14.6. The molecule has 0 aromatic heterocycles. The molecule has 0 radical (unpaired) electrons. The lowest BCUT2D eigenvalue weighted by molar-refractivity contribution is -0.119. The Balaban J connectivity index is 1.66. The van der Waals surface area contributed by atoms with Crippen molar-refractivity contribution in [2.45, 2.75) is 12.7 Å². The number of rotatable bonds is 4. The number of fused-ring (bicyclic) bond motifs is 1. The summed E-state index contributed by atoms with van der Waals surface area (Å²) in [6.07, 6.45) is -1.21. The Morgan fingerprint density at radius 2 is 1.61 bits per heavy atom. The SMILES string of the molecule is CN1C(=O)C(NC(=O)NCc2ccccc2)N=C(c2ccccc2F)c2ccccc21. The number of benzodiazepines with no additional fused rings is 1. The third-order valence-electron chi connectivity index (χ3n) is 5.04. The van der Waals surface area contributed by atoms with E-state index >= 15 is 0 Å². The van der Waals surface area contributed by atoms with Gasteiger partial charge in [0.15, 0.2) is 0 Å². The Hall–Kier alpha value is -4.00. The standard InChI is InChI=1S/C24H21FN4O2/c1-29-20-14-8-6-12-18(20)21(17-11-5-7-13-19(17)25)27-22(23(29)30)28-24(31)26-15-16-9-3-2-4-10-16/h2-14,22H,15H2,1H3,(H2,26,28,31). The maximum atomic E-state index is 14.6. The van der Waals surface area contributed by atoms with Gasteiger partial charge in [-0.3, -0.25) is 4.79 Å². The number of hydrogen-bond donors (Lipinski definition) is 2. The number of anilines is 1. The normalized spacial score (nSPS) is 15.5. The van der Waals surface area contributed by atoms with Crippen molar-refractivity contribution in [3.05, 3.63) is 101 Å². The first kappa shape index (κ1) is 20.3. The predicted molar refractivity (Wildman–Crippen MR) is 117 cm³/mol. The van der Waals surface area contributed by atoms with Crippen LogP contribution in [0.4, 0.5) is 14.9 Å². The fourth-order valence-electron chi connectivity index (χ4n) is 3.44. The predicted octanol–water partition coefficient (Wildman–Crippen LogP) is 3.47. The fraction of sp³-hybridized carbons (Fsp3) is 0.125. The van der Waals surface area contributed by atoms with Gasteiger partial charge in [-0.05, 0) is 23.8 Å². The summed E-state index contributed by atoms with van der Waals surface area (Å²) >= 11 is 0. The molecule has 1 aliphatic heterocycles. The summed E-state index contributed by atoms with van der Waals surface area (Å²) in [4.78, 5) is 31.5. The average Bonchev–Trinajstić information content (AvgIpc) is 2.90. The first-order valence-electron chi connectivity index (χ1n) is 9.82. The van der Waals surface area contributed by atoms with Crippen LogP contribution in [-0.4, -0.2) is 30.9 Å². The molecule has 1 heterocycles. The summed E-state index contributed by atoms with van der Waals surface area (Å²) in [6, 6.07) is 22.2. The second-order valence-corrected chi connectivity index (χ2v) is 7.09. The van der Waals surface area contributed by atoms with Crippen LogP contribution in [0.3, 0.4) is 0 Å². The van der Waals surface area contributed by atoms with E-state index in [1.165, 1.54) is 11.0 Å². The Bertz CT molecular complexity index is 1150. The van der Waals surface area contributed by atoms with Crippen LogP contribution in [0.15, 0.2) is 83.9 Å². The highest BCUT2D eigenvalue weighted by molar-refractivity contribution is 6.20. The molecule has 0 aliphatic carbocycles. The Morgan fingerprint density at radius 1 is 0.968 bits per heavy atom. The number of carbonyl (C=O) groups excluding carboxylic acids is 2. The van der Waals surface area contributed by atoms with Crippen molar-refractivity contribution in [1.29, 1.82) is 0 Å². The molecule has 1 unspecified atom stereocenters. The number of likely N-dealkylation sites (N-methyl/N-ethyl adjacent to an activating group) is 1. The second kappa shape index (κ2) is 8.79. The van der Waals surface area contributed by atoms with E-state index < -0.39 is 23.9 Å². The van der Waals surface area contributed by atoms with E-state index in [0.29, 0.717) is 23.5 Å². The molecule has 0 saturated heterocycles. The minimum absolute atomic E-state index is 0.259. The van der Waals surface area contributed by atoms with Crippen LogP contribution in [0.2, 0.25) is 0 Å². The number of para-hydroxylation sites is 1. The molecular weight excluding hydrogens is 395 g/mol. The Morgan fingerprint density at radius 3 is 2.35 bits per heavy atom. The maximum Gasteiger partial charge on any atom is 0.317 e. The summed E-state index contributed by atoms with van der Waals surface area (Å²) in [7, 11) is 1.61. The zero-order chi connectivity index (χ0) is 21.8. The van der Waals surface area contributed by atoms with Gasteiger partial charge in [-0.25, -0.2) is 14.2 Å². The van der Waals surface area contributed by atoms with Crippen molar-refractivity contribution in [1.82, 2.24) is 10.6 Å². The Kier molecular flexibility index (Phi) is 5.75. The molecule has 0 bridgehead atoms. The lowest BCUT2D eigenvalue weighted by atomic mass is 10.00. The smallest absolute Gasteiger partial charge is 0.317 e. The van der Waals surface area contributed by atoms with Gasteiger partial charge in [0.05, 0.1) is 11.4 Å². The third-order valence-corrected chi connectivity index (χ3v) is 5.04. The third kappa shape index (κ3) is 4.30. The molecule has 0 fully saturated rings. The molecule has 4 rings (SSSR count). The van der Waals surface area contributed by atoms with E-state index in [9.17, 15) is 14.0 Å². The lowest BCUT2D eigenvalue weighted by Crippen LogP contribution is -2.49. The molecule has 0 spiro atoms. The van der Waals surface area contributed by atoms with E-state index in [1.54, 1.807) is 49.5 Å². The molecule has 3 aromatic rings. The number of halogens is 1. The van der Waals surface area contributed by atoms with Crippen LogP contribution in [0.25, 0.3) is 0 Å². The van der Waals surface area contributed by atoms with Gasteiger partial charge in [0.1, 0.15) is 5.82 Å². The molecule has 156 valence electrons. The van der Waals surface area contributed by atoms with Crippen LogP contribution in [0.5, 0.6) is 0 Å². The molecule has 0 saturated carbocycles. The average molecular weight is 416 g/mol.